The third-order valence-corrected chi connectivity index (χ3v) is 4.25. The number of carbonyl (C=O) groups excluding carboxylic acids is 1. The molecule has 110 valence electrons. The third-order valence-electron chi connectivity index (χ3n) is 3.31. The van der Waals surface area contributed by atoms with Gasteiger partial charge in [0.2, 0.25) is 0 Å². The van der Waals surface area contributed by atoms with Crippen LogP contribution in [0.25, 0.3) is 0 Å². The maximum atomic E-state index is 11.9. The Morgan fingerprint density at radius 2 is 2.35 bits per heavy atom. The van der Waals surface area contributed by atoms with Crippen molar-refractivity contribution < 1.29 is 14.7 Å². The number of carbonyl (C=O) groups is 2. The van der Waals surface area contributed by atoms with Gasteiger partial charge in [0, 0.05) is 17.5 Å². The van der Waals surface area contributed by atoms with Gasteiger partial charge >= 0.3 is 12.0 Å². The van der Waals surface area contributed by atoms with Crippen LogP contribution in [0.4, 0.5) is 4.79 Å². The molecule has 0 saturated carbocycles. The monoisotopic (exact) mass is 297 g/mol. The molecule has 0 spiro atoms. The number of hydrogen-bond acceptors (Lipinski definition) is 4. The normalized spacial score (nSPS) is 21.1. The second-order valence-electron chi connectivity index (χ2n) is 5.01. The maximum Gasteiger partial charge on any atom is 0.331 e. The van der Waals surface area contributed by atoms with Crippen LogP contribution in [0.1, 0.15) is 23.8 Å². The van der Waals surface area contributed by atoms with Crippen molar-refractivity contribution in [3.8, 4) is 0 Å². The fourth-order valence-electron chi connectivity index (χ4n) is 2.35. The first-order chi connectivity index (χ1) is 9.56. The molecule has 0 aliphatic carbocycles. The minimum atomic E-state index is -1.05. The van der Waals surface area contributed by atoms with Crippen molar-refractivity contribution in [1.29, 1.82) is 0 Å². The molecule has 7 heteroatoms. The van der Waals surface area contributed by atoms with E-state index in [1.165, 1.54) is 11.3 Å². The molecule has 1 aromatic heterocycles. The average Bonchev–Trinajstić information content (AvgIpc) is 2.89. The molecule has 2 unspecified atom stereocenters. The van der Waals surface area contributed by atoms with Gasteiger partial charge in [-0.15, -0.1) is 11.3 Å². The Balaban J connectivity index is 1.90. The molecule has 2 rings (SSSR count). The zero-order chi connectivity index (χ0) is 14.5. The van der Waals surface area contributed by atoms with E-state index in [4.69, 9.17) is 0 Å². The fourth-order valence-corrected chi connectivity index (χ4v) is 3.12. The van der Waals surface area contributed by atoms with E-state index in [1.807, 2.05) is 7.05 Å². The van der Waals surface area contributed by atoms with Crippen LogP contribution in [0.5, 0.6) is 0 Å². The Morgan fingerprint density at radius 1 is 1.55 bits per heavy atom. The lowest BCUT2D eigenvalue weighted by atomic mass is 10.1. The fraction of sp³-hybridized carbons (Fsp3) is 0.538. The molecule has 2 atom stereocenters. The molecule has 20 heavy (non-hydrogen) atoms. The minimum absolute atomic E-state index is 0.0755. The van der Waals surface area contributed by atoms with Crippen molar-refractivity contribution in [2.24, 2.45) is 0 Å². The van der Waals surface area contributed by atoms with Gasteiger partial charge in [0.15, 0.2) is 6.04 Å². The molecule has 1 aliphatic heterocycles. The van der Waals surface area contributed by atoms with Gasteiger partial charge in [-0.25, -0.2) is 9.59 Å². The van der Waals surface area contributed by atoms with Gasteiger partial charge in [0.05, 0.1) is 0 Å². The van der Waals surface area contributed by atoms with Gasteiger partial charge in [-0.3, -0.25) is 0 Å². The number of amides is 2. The molecule has 1 aliphatic rings. The lowest BCUT2D eigenvalue weighted by Crippen LogP contribution is -2.50. The molecule has 1 aromatic rings. The quantitative estimate of drug-likeness (QED) is 0.781. The molecule has 3 N–H and O–H groups in total. The number of carboxylic acids is 1. The van der Waals surface area contributed by atoms with Crippen molar-refractivity contribution in [2.45, 2.75) is 24.9 Å². The number of aliphatic carboxylic acids is 1. The Morgan fingerprint density at radius 3 is 2.95 bits per heavy atom. The van der Waals surface area contributed by atoms with Gasteiger partial charge in [-0.2, -0.15) is 0 Å². The number of rotatable bonds is 4. The molecule has 1 fully saturated rings. The van der Waals surface area contributed by atoms with E-state index in [0.29, 0.717) is 4.88 Å². The van der Waals surface area contributed by atoms with Crippen LogP contribution in [-0.2, 0) is 4.79 Å². The number of likely N-dealkylation sites (N-methyl/N-ethyl adjacent to an activating group) is 1. The van der Waals surface area contributed by atoms with E-state index in [1.54, 1.807) is 17.5 Å². The van der Waals surface area contributed by atoms with Gasteiger partial charge in [0.1, 0.15) is 0 Å². The summed E-state index contributed by atoms with van der Waals surface area (Å²) < 4.78 is 0. The topological polar surface area (TPSA) is 81.7 Å². The zero-order valence-electron chi connectivity index (χ0n) is 11.3. The number of nitrogens with one attached hydrogen (secondary N) is 2. The molecule has 6 nitrogen and oxygen atoms in total. The van der Waals surface area contributed by atoms with Crippen molar-refractivity contribution >= 4 is 23.3 Å². The highest BCUT2D eigenvalue weighted by molar-refractivity contribution is 7.10. The average molecular weight is 297 g/mol. The lowest BCUT2D eigenvalue weighted by molar-refractivity contribution is -0.139. The van der Waals surface area contributed by atoms with Gasteiger partial charge in [-0.1, -0.05) is 6.07 Å². The summed E-state index contributed by atoms with van der Waals surface area (Å²) in [6.07, 6.45) is 1.96. The van der Waals surface area contributed by atoms with Crippen molar-refractivity contribution in [2.75, 3.05) is 20.1 Å². The van der Waals surface area contributed by atoms with E-state index in [2.05, 4.69) is 15.5 Å². The van der Waals surface area contributed by atoms with Crippen LogP contribution in [-0.4, -0.2) is 48.2 Å². The van der Waals surface area contributed by atoms with Crippen LogP contribution in [0, 0.1) is 0 Å². The maximum absolute atomic E-state index is 11.9. The van der Waals surface area contributed by atoms with E-state index in [9.17, 15) is 14.7 Å². The number of nitrogens with zero attached hydrogens (tertiary/aromatic N) is 1. The first-order valence-corrected chi connectivity index (χ1v) is 7.46. The molecule has 0 bridgehead atoms. The second kappa shape index (κ2) is 6.71. The van der Waals surface area contributed by atoms with Gasteiger partial charge in [-0.05, 0) is 37.9 Å². The summed E-state index contributed by atoms with van der Waals surface area (Å²) in [6, 6.07) is 2.14. The summed E-state index contributed by atoms with van der Waals surface area (Å²) in [7, 11) is 2.01. The summed E-state index contributed by atoms with van der Waals surface area (Å²) in [5.74, 6) is -1.05. The number of piperidine rings is 1. The highest BCUT2D eigenvalue weighted by Gasteiger charge is 2.25. The largest absolute Gasteiger partial charge is 0.479 e. The van der Waals surface area contributed by atoms with E-state index >= 15 is 0 Å². The lowest BCUT2D eigenvalue weighted by Gasteiger charge is -2.30. The van der Waals surface area contributed by atoms with Crippen molar-refractivity contribution in [1.82, 2.24) is 15.5 Å². The molecular formula is C13H19N3O3S. The Labute approximate surface area is 121 Å². The number of urea groups is 1. The smallest absolute Gasteiger partial charge is 0.331 e. The van der Waals surface area contributed by atoms with Crippen LogP contribution in [0.3, 0.4) is 0 Å². The molecule has 0 aromatic carbocycles. The molecule has 2 heterocycles. The first kappa shape index (κ1) is 14.8. The van der Waals surface area contributed by atoms with E-state index in [0.717, 1.165) is 25.9 Å². The highest BCUT2D eigenvalue weighted by Crippen LogP contribution is 2.19. The minimum Gasteiger partial charge on any atom is -0.479 e. The first-order valence-electron chi connectivity index (χ1n) is 6.58. The SMILES string of the molecule is CN1CCCC(NC(=O)NC(C(=O)O)c2cccs2)C1. The summed E-state index contributed by atoms with van der Waals surface area (Å²) in [4.78, 5) is 25.9. The van der Waals surface area contributed by atoms with Crippen molar-refractivity contribution in [3.05, 3.63) is 22.4 Å². The van der Waals surface area contributed by atoms with Crippen molar-refractivity contribution in [3.63, 3.8) is 0 Å². The van der Waals surface area contributed by atoms with E-state index < -0.39 is 18.0 Å². The standard InChI is InChI=1S/C13H19N3O3S/c1-16-6-2-4-9(8-16)14-13(19)15-11(12(17)18)10-5-3-7-20-10/h3,5,7,9,11H,2,4,6,8H2,1H3,(H,17,18)(H2,14,15,19). The van der Waals surface area contributed by atoms with Crippen LogP contribution in [0.2, 0.25) is 0 Å². The number of carboxylic acid groups (broad SMARTS) is 1. The highest BCUT2D eigenvalue weighted by atomic mass is 32.1. The third kappa shape index (κ3) is 3.94. The summed E-state index contributed by atoms with van der Waals surface area (Å²) in [6.45, 7) is 1.83. The van der Waals surface area contributed by atoms with Gasteiger partial charge < -0.3 is 20.6 Å². The Kier molecular flexibility index (Phi) is 4.97. The second-order valence-corrected chi connectivity index (χ2v) is 5.99. The predicted octanol–water partition coefficient (Wildman–Crippen LogP) is 1.27. The summed E-state index contributed by atoms with van der Waals surface area (Å²) >= 11 is 1.32. The van der Waals surface area contributed by atoms with Crippen LogP contribution >= 0.6 is 11.3 Å². The molecule has 1 saturated heterocycles. The van der Waals surface area contributed by atoms with Crippen LogP contribution in [0.15, 0.2) is 17.5 Å². The zero-order valence-corrected chi connectivity index (χ0v) is 12.2. The Hall–Kier alpha value is -1.60. The van der Waals surface area contributed by atoms with E-state index in [-0.39, 0.29) is 6.04 Å². The van der Waals surface area contributed by atoms with Gasteiger partial charge in [0.25, 0.3) is 0 Å². The molecular weight excluding hydrogens is 278 g/mol. The summed E-state index contributed by atoms with van der Waals surface area (Å²) in [5.41, 5.74) is 0. The number of hydrogen-bond donors (Lipinski definition) is 3. The van der Waals surface area contributed by atoms with Crippen LogP contribution < -0.4 is 10.6 Å². The molecule has 0 radical (unpaired) electrons. The molecule has 2 amide bonds. The number of thiophene rings is 1. The summed E-state index contributed by atoms with van der Waals surface area (Å²) in [5, 5.41) is 16.4. The number of likely N-dealkylation sites (tertiary alicyclic amines) is 1. The Bertz CT molecular complexity index is 463. The predicted molar refractivity (Wildman–Crippen MR) is 76.9 cm³/mol.